The molecule has 7 heterocycles. The van der Waals surface area contributed by atoms with E-state index in [9.17, 15) is 67.4 Å². The average Bonchev–Trinajstić information content (AvgIpc) is 4.02. The number of imidazole rings is 3. The van der Waals surface area contributed by atoms with E-state index in [4.69, 9.17) is 35.6 Å². The second-order valence-corrected chi connectivity index (χ2v) is 22.3. The molecule has 366 valence electrons. The molecule has 43 heteroatoms. The molecule has 2 saturated heterocycles. The van der Waals surface area contributed by atoms with Crippen LogP contribution in [0.4, 0.5) is 11.6 Å². The summed E-state index contributed by atoms with van der Waals surface area (Å²) >= 11 is 0. The van der Waals surface area contributed by atoms with Crippen molar-refractivity contribution in [2.24, 2.45) is 0 Å². The molecule has 5 unspecified atom stereocenters. The quantitative estimate of drug-likeness (QED) is 0.0428. The molecule has 0 radical (unpaired) electrons. The molecule has 2 aliphatic rings. The largest absolute Gasteiger partial charge is 0.490 e. The fourth-order valence-electron chi connectivity index (χ4n) is 5.69. The zero-order valence-corrected chi connectivity index (χ0v) is 37.4. The minimum absolute atomic E-state index is 0.0426. The van der Waals surface area contributed by atoms with E-state index in [1.165, 1.54) is 21.8 Å². The molecule has 66 heavy (non-hydrogen) atoms. The van der Waals surface area contributed by atoms with E-state index in [1.807, 2.05) is 0 Å². The predicted molar refractivity (Wildman–Crippen MR) is 206 cm³/mol. The number of phosphoric ester groups is 2. The summed E-state index contributed by atoms with van der Waals surface area (Å²) in [4.78, 5) is 91.6. The maximum atomic E-state index is 12.1. The molecule has 0 saturated carbocycles. The Morgan fingerprint density at radius 1 is 0.561 bits per heavy atom. The van der Waals surface area contributed by atoms with Gasteiger partial charge in [-0.1, -0.05) is 0 Å². The number of rotatable bonds is 17. The maximum absolute atomic E-state index is 12.1. The van der Waals surface area contributed by atoms with Crippen molar-refractivity contribution in [1.82, 2.24) is 48.4 Å². The Morgan fingerprint density at radius 2 is 0.985 bits per heavy atom. The van der Waals surface area contributed by atoms with Crippen molar-refractivity contribution < 1.29 is 118 Å². The van der Waals surface area contributed by atoms with Crippen molar-refractivity contribution in [2.45, 2.75) is 49.1 Å². The second kappa shape index (κ2) is 19.5. The monoisotopic (exact) mass is 1060 g/mol. The lowest BCUT2D eigenvalue weighted by Gasteiger charge is -2.20. The van der Waals surface area contributed by atoms with Crippen molar-refractivity contribution in [3.05, 3.63) is 44.0 Å². The van der Waals surface area contributed by atoms with Gasteiger partial charge in [-0.2, -0.15) is 17.2 Å². The second-order valence-electron chi connectivity index (χ2n) is 13.0. The third-order valence-electron chi connectivity index (χ3n) is 8.41. The van der Waals surface area contributed by atoms with E-state index < -0.39 is 109 Å². The summed E-state index contributed by atoms with van der Waals surface area (Å²) in [5.41, 5.74) is 12.1. The van der Waals surface area contributed by atoms with Crippen LogP contribution in [0.2, 0.25) is 0 Å². The minimum Gasteiger partial charge on any atom is -0.387 e. The number of hydrogen-bond donors (Lipinski definition) is 13. The smallest absolute Gasteiger partial charge is 0.387 e. The molecular weight excluding hydrogens is 1030 g/mol. The van der Waals surface area contributed by atoms with Crippen LogP contribution in [0, 0.1) is 0 Å². The first-order valence-corrected chi connectivity index (χ1v) is 26.2. The van der Waals surface area contributed by atoms with Gasteiger partial charge in [0.1, 0.15) is 66.6 Å². The van der Waals surface area contributed by atoms with Crippen LogP contribution >= 0.6 is 46.9 Å². The zero-order chi connectivity index (χ0) is 48.8. The molecule has 0 bridgehead atoms. The van der Waals surface area contributed by atoms with Gasteiger partial charge < -0.3 is 75.6 Å². The number of hydrogen-bond acceptors (Lipinski definition) is 27. The molecule has 0 aliphatic carbocycles. The number of aromatic nitrogens is 10. The molecule has 13 atom stereocenters. The van der Waals surface area contributed by atoms with Gasteiger partial charge in [-0.05, 0) is 0 Å². The number of nitrogens with two attached hydrogens (primary N) is 2. The van der Waals surface area contributed by atoms with Gasteiger partial charge in [-0.15, -0.1) is 0 Å². The maximum Gasteiger partial charge on any atom is 0.490 e. The molecule has 0 spiro atoms. The number of phosphoric acid groups is 5. The minimum atomic E-state index is -5.70. The van der Waals surface area contributed by atoms with Crippen molar-refractivity contribution in [2.75, 3.05) is 24.7 Å². The van der Waals surface area contributed by atoms with Gasteiger partial charge >= 0.3 is 46.9 Å². The number of ether oxygens (including phenoxy) is 2. The number of nitrogens with zero attached hydrogens (tertiary/aromatic N) is 10. The summed E-state index contributed by atoms with van der Waals surface area (Å²) in [6.45, 7) is -1.88. The highest BCUT2D eigenvalue weighted by molar-refractivity contribution is 7.68. The number of aliphatic hydroxyl groups is 4. The van der Waals surface area contributed by atoms with E-state index in [0.29, 0.717) is 4.34 Å². The standard InChI is InChI=1S/C13H18N7O12P3.C10H16N5O13P3/c14-11-8-12(17-4-16-11)20(6-18-8)13-10(22)9(21)7(30-13)3-29-34(25,26)32-35(27,28)31-33(23,24)19-2-1-15-5-19;11-8-5-9(13-2-12-8)15(3-14-5)10-7(17)6(16)4(26-10)1-25-30(21,22)28-31(23,24)27-29(18,19)20/h1-2,4-7,9-10,13,21-22H,3H2,(H,23,24)(H,25,26)(H,27,28)(H2,14,16,17);2-4,6-7,10,16-17H,1H2,(H,21,22)(H,23,24)(H2,11,12,13)(H2,18,19,20)/t7-,9-,10-,13-;4-,6-,7-,10-/m11/s1. The molecule has 0 aromatic carbocycles. The fraction of sp³-hybridized carbons (Fsp3) is 0.435. The van der Waals surface area contributed by atoms with Crippen molar-refractivity contribution >= 4 is 80.8 Å². The first-order valence-electron chi connectivity index (χ1n) is 17.2. The van der Waals surface area contributed by atoms with Gasteiger partial charge in [0.05, 0.1) is 25.9 Å². The molecule has 7 rings (SSSR count). The van der Waals surface area contributed by atoms with E-state index in [2.05, 4.69) is 61.2 Å². The summed E-state index contributed by atoms with van der Waals surface area (Å²) in [5.74, 6) is 0.0946. The van der Waals surface area contributed by atoms with Crippen LogP contribution in [0.15, 0.2) is 44.0 Å². The Bertz CT molecular complexity index is 2830. The van der Waals surface area contributed by atoms with E-state index >= 15 is 0 Å². The Morgan fingerprint density at radius 3 is 1.38 bits per heavy atom. The van der Waals surface area contributed by atoms with Crippen LogP contribution in [-0.4, -0.2) is 153 Å². The van der Waals surface area contributed by atoms with Crippen LogP contribution in [-0.2, 0) is 63.2 Å². The predicted octanol–water partition coefficient (Wildman–Crippen LogP) is -2.51. The first-order chi connectivity index (χ1) is 30.5. The number of nitrogen functional groups attached to an aromatic ring is 2. The van der Waals surface area contributed by atoms with Gasteiger partial charge in [-0.25, -0.2) is 66.6 Å². The Labute approximate surface area is 364 Å². The molecule has 37 nitrogen and oxygen atoms in total. The van der Waals surface area contributed by atoms with Gasteiger partial charge in [0.2, 0.25) is 0 Å². The third kappa shape index (κ3) is 12.4. The van der Waals surface area contributed by atoms with Crippen LogP contribution in [0.3, 0.4) is 0 Å². The SMILES string of the molecule is Nc1ncnc2c1ncn2[C@@H]1O[C@H](COP(=O)(O)OP(=O)(O)OP(=O)(O)O)[C@@H](O)[C@H]1O.Nc1ncnc2c1ncn2[C@@H]1O[C@H](COP(=O)(O)OP(=O)(O)OP(=O)(O)n2ccnc2)[C@@H](O)[C@H]1O. The van der Waals surface area contributed by atoms with Crippen molar-refractivity contribution in [1.29, 1.82) is 0 Å². The molecule has 0 amide bonds. The normalized spacial score (nSPS) is 28.2. The van der Waals surface area contributed by atoms with Crippen LogP contribution < -0.4 is 11.5 Å². The summed E-state index contributed by atoms with van der Waals surface area (Å²) in [6, 6.07) is 0. The molecule has 5 aromatic heterocycles. The highest BCUT2D eigenvalue weighted by atomic mass is 31.3. The highest BCUT2D eigenvalue weighted by Crippen LogP contribution is 2.68. The van der Waals surface area contributed by atoms with Crippen LogP contribution in [0.1, 0.15) is 12.5 Å². The van der Waals surface area contributed by atoms with Crippen LogP contribution in [0.5, 0.6) is 0 Å². The summed E-state index contributed by atoms with van der Waals surface area (Å²) in [6.07, 6.45) is -4.51. The van der Waals surface area contributed by atoms with Gasteiger partial charge in [0.25, 0.3) is 0 Å². The summed E-state index contributed by atoms with van der Waals surface area (Å²) < 4.78 is 108. The summed E-state index contributed by atoms with van der Waals surface area (Å²) in [7, 11) is -32.8. The molecule has 2 fully saturated rings. The van der Waals surface area contributed by atoms with E-state index in [-0.39, 0.29) is 34.0 Å². The first kappa shape index (κ1) is 51.9. The van der Waals surface area contributed by atoms with Crippen molar-refractivity contribution in [3.8, 4) is 0 Å². The lowest BCUT2D eigenvalue weighted by Crippen LogP contribution is -2.33. The highest BCUT2D eigenvalue weighted by Gasteiger charge is 2.49. The lowest BCUT2D eigenvalue weighted by molar-refractivity contribution is -0.0503. The number of fused-ring (bicyclic) bond motifs is 2. The topological polar surface area (TPSA) is 556 Å². The fourth-order valence-corrected chi connectivity index (χ4v) is 12.5. The van der Waals surface area contributed by atoms with Gasteiger partial charge in [0, 0.05) is 12.4 Å². The van der Waals surface area contributed by atoms with Crippen molar-refractivity contribution in [3.63, 3.8) is 0 Å². The third-order valence-corrected chi connectivity index (χ3v) is 16.8. The Balaban J connectivity index is 0.000000220. The molecule has 5 aromatic rings. The Hall–Kier alpha value is -3.47. The van der Waals surface area contributed by atoms with Crippen LogP contribution in [0.25, 0.3) is 22.3 Å². The van der Waals surface area contributed by atoms with E-state index in [1.54, 1.807) is 0 Å². The lowest BCUT2D eigenvalue weighted by atomic mass is 10.1. The average molecular weight is 1060 g/mol. The Kier molecular flexibility index (Phi) is 15.3. The number of anilines is 2. The molecule has 2 aliphatic heterocycles. The summed E-state index contributed by atoms with van der Waals surface area (Å²) in [5, 5.41) is 41.1. The van der Waals surface area contributed by atoms with Gasteiger partial charge in [0.15, 0.2) is 35.4 Å². The zero-order valence-electron chi connectivity index (χ0n) is 32.0. The number of aliphatic hydroxyl groups excluding tert-OH is 4. The molecular formula is C23H34N12O25P6. The van der Waals surface area contributed by atoms with E-state index in [0.717, 1.165) is 31.4 Å². The van der Waals surface area contributed by atoms with Gasteiger partial charge in [-0.3, -0.25) is 18.2 Å². The molecule has 15 N–H and O–H groups in total.